The highest BCUT2D eigenvalue weighted by Crippen LogP contribution is 2.29. The molecule has 0 radical (unpaired) electrons. The highest BCUT2D eigenvalue weighted by Gasteiger charge is 2.17. The van der Waals surface area contributed by atoms with Crippen LogP contribution in [0.1, 0.15) is 5.56 Å². The number of aromatic nitrogens is 2. The van der Waals surface area contributed by atoms with Crippen LogP contribution in [-0.4, -0.2) is 36.5 Å². The number of rotatable bonds is 4. The predicted molar refractivity (Wildman–Crippen MR) is 101 cm³/mol. The van der Waals surface area contributed by atoms with Gasteiger partial charge in [-0.1, -0.05) is 48.0 Å². The van der Waals surface area contributed by atoms with Gasteiger partial charge in [0, 0.05) is 35.4 Å². The lowest BCUT2D eigenvalue weighted by Crippen LogP contribution is -2.37. The number of anilines is 2. The summed E-state index contributed by atoms with van der Waals surface area (Å²) in [5, 5.41) is 15.3. The molecule has 0 bridgehead atoms. The molecule has 1 fully saturated rings. The van der Waals surface area contributed by atoms with E-state index in [2.05, 4.69) is 32.5 Å². The number of halogens is 1. The third-order valence-electron chi connectivity index (χ3n) is 4.35. The third-order valence-corrected chi connectivity index (χ3v) is 4.60. The first kappa shape index (κ1) is 16.1. The summed E-state index contributed by atoms with van der Waals surface area (Å²) in [6.07, 6.45) is 0. The number of hydrogen-bond donors (Lipinski definition) is 1. The predicted octanol–water partition coefficient (Wildman–Crippen LogP) is 3.73. The smallest absolute Gasteiger partial charge is 0.159 e. The highest BCUT2D eigenvalue weighted by molar-refractivity contribution is 6.30. The van der Waals surface area contributed by atoms with Crippen molar-refractivity contribution < 1.29 is 4.74 Å². The summed E-state index contributed by atoms with van der Waals surface area (Å²) in [7, 11) is 0. The Kier molecular flexibility index (Phi) is 4.68. The largest absolute Gasteiger partial charge is 0.378 e. The first-order valence-corrected chi connectivity index (χ1v) is 8.75. The van der Waals surface area contributed by atoms with Gasteiger partial charge < -0.3 is 15.0 Å². The Morgan fingerprint density at radius 1 is 0.960 bits per heavy atom. The Hall–Kier alpha value is -2.37. The van der Waals surface area contributed by atoms with E-state index in [1.54, 1.807) is 0 Å². The molecule has 4 rings (SSSR count). The van der Waals surface area contributed by atoms with Crippen molar-refractivity contribution in [3.63, 3.8) is 0 Å². The van der Waals surface area contributed by atoms with E-state index in [1.807, 2.05) is 36.4 Å². The van der Waals surface area contributed by atoms with Crippen molar-refractivity contribution in [3.8, 4) is 0 Å². The minimum absolute atomic E-state index is 0.673. The molecule has 0 amide bonds. The van der Waals surface area contributed by atoms with E-state index in [0.717, 1.165) is 59.3 Å². The van der Waals surface area contributed by atoms with Crippen LogP contribution in [-0.2, 0) is 11.3 Å². The molecule has 2 heterocycles. The van der Waals surface area contributed by atoms with Crippen molar-refractivity contribution in [3.05, 3.63) is 59.1 Å². The molecule has 0 unspecified atom stereocenters. The maximum absolute atomic E-state index is 5.94. The Morgan fingerprint density at radius 3 is 2.44 bits per heavy atom. The number of fused-ring (bicyclic) bond motifs is 1. The fourth-order valence-corrected chi connectivity index (χ4v) is 3.14. The van der Waals surface area contributed by atoms with Gasteiger partial charge in [-0.2, -0.15) is 0 Å². The molecule has 5 nitrogen and oxygen atoms in total. The van der Waals surface area contributed by atoms with Gasteiger partial charge in [-0.05, 0) is 17.7 Å². The molecule has 3 aromatic rings. The molecule has 1 aliphatic rings. The first-order valence-electron chi connectivity index (χ1n) is 8.38. The summed E-state index contributed by atoms with van der Waals surface area (Å²) < 4.78 is 5.44. The molecular weight excluding hydrogens is 336 g/mol. The maximum atomic E-state index is 5.94. The molecule has 0 spiro atoms. The van der Waals surface area contributed by atoms with Gasteiger partial charge in [0.25, 0.3) is 0 Å². The molecule has 25 heavy (non-hydrogen) atoms. The van der Waals surface area contributed by atoms with E-state index in [4.69, 9.17) is 16.3 Å². The van der Waals surface area contributed by atoms with Gasteiger partial charge >= 0.3 is 0 Å². The van der Waals surface area contributed by atoms with Crippen LogP contribution in [0.4, 0.5) is 11.6 Å². The zero-order valence-corrected chi connectivity index (χ0v) is 14.5. The van der Waals surface area contributed by atoms with Gasteiger partial charge in [0.2, 0.25) is 0 Å². The molecule has 2 aromatic carbocycles. The van der Waals surface area contributed by atoms with E-state index in [0.29, 0.717) is 6.54 Å². The maximum Gasteiger partial charge on any atom is 0.159 e. The average Bonchev–Trinajstić information content (AvgIpc) is 2.68. The van der Waals surface area contributed by atoms with Gasteiger partial charge in [-0.3, -0.25) is 0 Å². The number of ether oxygens (including phenoxy) is 1. The Bertz CT molecular complexity index is 863. The minimum Gasteiger partial charge on any atom is -0.378 e. The van der Waals surface area contributed by atoms with Crippen LogP contribution in [0.15, 0.2) is 48.5 Å². The topological polar surface area (TPSA) is 50.3 Å². The first-order chi connectivity index (χ1) is 12.3. The lowest BCUT2D eigenvalue weighted by Gasteiger charge is -2.28. The number of nitrogens with zero attached hydrogens (tertiary/aromatic N) is 3. The minimum atomic E-state index is 0.673. The second kappa shape index (κ2) is 7.25. The van der Waals surface area contributed by atoms with Gasteiger partial charge in [0.15, 0.2) is 11.6 Å². The second-order valence-electron chi connectivity index (χ2n) is 6.00. The van der Waals surface area contributed by atoms with Crippen LogP contribution in [0, 0.1) is 0 Å². The summed E-state index contributed by atoms with van der Waals surface area (Å²) in [6, 6.07) is 16.0. The molecule has 1 N–H and O–H groups in total. The molecule has 0 saturated carbocycles. The van der Waals surface area contributed by atoms with Crippen LogP contribution < -0.4 is 10.2 Å². The van der Waals surface area contributed by atoms with Crippen molar-refractivity contribution in [2.45, 2.75) is 6.54 Å². The van der Waals surface area contributed by atoms with Gasteiger partial charge in [0.05, 0.1) is 13.2 Å². The fraction of sp³-hybridized carbons (Fsp3) is 0.263. The summed E-state index contributed by atoms with van der Waals surface area (Å²) in [6.45, 7) is 3.82. The van der Waals surface area contributed by atoms with Crippen molar-refractivity contribution in [1.29, 1.82) is 0 Å². The summed E-state index contributed by atoms with van der Waals surface area (Å²) >= 11 is 5.94. The van der Waals surface area contributed by atoms with Crippen molar-refractivity contribution >= 4 is 34.0 Å². The Labute approximate surface area is 151 Å². The standard InChI is InChI=1S/C19H19ClN4O/c20-15-7-5-14(6-8-15)13-21-18-16-3-1-2-4-17(16)19(23-22-18)24-9-11-25-12-10-24/h1-8H,9-13H2,(H,21,22). The SMILES string of the molecule is Clc1ccc(CNc2nnc(N3CCOCC3)c3ccccc23)cc1. The second-order valence-corrected chi connectivity index (χ2v) is 6.43. The Balaban J connectivity index is 1.62. The fourth-order valence-electron chi connectivity index (χ4n) is 3.02. The monoisotopic (exact) mass is 354 g/mol. The molecular formula is C19H19ClN4O. The van der Waals surface area contributed by atoms with Crippen LogP contribution in [0.2, 0.25) is 5.02 Å². The van der Waals surface area contributed by atoms with Crippen LogP contribution >= 0.6 is 11.6 Å². The summed E-state index contributed by atoms with van der Waals surface area (Å²) in [5.74, 6) is 1.72. The Morgan fingerprint density at radius 2 is 1.68 bits per heavy atom. The van der Waals surface area contributed by atoms with E-state index in [1.165, 1.54) is 0 Å². The van der Waals surface area contributed by atoms with E-state index < -0.39 is 0 Å². The number of hydrogen-bond acceptors (Lipinski definition) is 5. The van der Waals surface area contributed by atoms with Crippen LogP contribution in [0.3, 0.4) is 0 Å². The molecule has 1 aromatic heterocycles. The van der Waals surface area contributed by atoms with Gasteiger partial charge in [-0.25, -0.2) is 0 Å². The normalized spacial score (nSPS) is 14.7. The van der Waals surface area contributed by atoms with Gasteiger partial charge in [-0.15, -0.1) is 10.2 Å². The molecule has 1 aliphatic heterocycles. The zero-order valence-electron chi connectivity index (χ0n) is 13.8. The number of morpholine rings is 1. The van der Waals surface area contributed by atoms with E-state index in [-0.39, 0.29) is 0 Å². The van der Waals surface area contributed by atoms with Gasteiger partial charge in [0.1, 0.15) is 0 Å². The highest BCUT2D eigenvalue weighted by atomic mass is 35.5. The zero-order chi connectivity index (χ0) is 17.1. The lowest BCUT2D eigenvalue weighted by molar-refractivity contribution is 0.122. The van der Waals surface area contributed by atoms with E-state index >= 15 is 0 Å². The van der Waals surface area contributed by atoms with Crippen molar-refractivity contribution in [1.82, 2.24) is 10.2 Å². The van der Waals surface area contributed by atoms with Crippen LogP contribution in [0.25, 0.3) is 10.8 Å². The van der Waals surface area contributed by atoms with Crippen molar-refractivity contribution in [2.24, 2.45) is 0 Å². The molecule has 0 atom stereocenters. The third kappa shape index (κ3) is 3.52. The molecule has 128 valence electrons. The average molecular weight is 355 g/mol. The molecule has 0 aliphatic carbocycles. The molecule has 1 saturated heterocycles. The van der Waals surface area contributed by atoms with Crippen molar-refractivity contribution in [2.75, 3.05) is 36.5 Å². The number of nitrogens with one attached hydrogen (secondary N) is 1. The summed E-state index contributed by atoms with van der Waals surface area (Å²) in [5.41, 5.74) is 1.15. The van der Waals surface area contributed by atoms with Crippen LogP contribution in [0.5, 0.6) is 0 Å². The quantitative estimate of drug-likeness (QED) is 0.773. The van der Waals surface area contributed by atoms with E-state index in [9.17, 15) is 0 Å². The lowest BCUT2D eigenvalue weighted by atomic mass is 10.1. The number of benzene rings is 2. The summed E-state index contributed by atoms with van der Waals surface area (Å²) in [4.78, 5) is 2.24. The molecule has 6 heteroatoms.